The number of halogens is 3. The number of nitrogens with zero attached hydrogens (tertiary/aromatic N) is 1. The van der Waals surface area contributed by atoms with Gasteiger partial charge in [-0.05, 0) is 6.92 Å². The van der Waals surface area contributed by atoms with E-state index in [1.54, 1.807) is 0 Å². The van der Waals surface area contributed by atoms with E-state index in [1.807, 2.05) is 11.8 Å². The number of rotatable bonds is 5. The SMILES string of the molecule is CC(NC(=O)NCCN1CCSCC1)(C(=O)O)C(F)(F)F. The molecule has 1 unspecified atom stereocenters. The van der Waals surface area contributed by atoms with Gasteiger partial charge in [-0.25, -0.2) is 9.59 Å². The first-order valence-electron chi connectivity index (χ1n) is 6.33. The molecule has 0 aromatic rings. The highest BCUT2D eigenvalue weighted by molar-refractivity contribution is 7.99. The zero-order valence-corrected chi connectivity index (χ0v) is 12.3. The molecule has 1 aliphatic heterocycles. The molecule has 1 saturated heterocycles. The number of hydrogen-bond donors (Lipinski definition) is 3. The van der Waals surface area contributed by atoms with Gasteiger partial charge in [-0.1, -0.05) is 0 Å². The summed E-state index contributed by atoms with van der Waals surface area (Å²) in [7, 11) is 0. The second-order valence-corrected chi connectivity index (χ2v) is 5.99. The van der Waals surface area contributed by atoms with Crippen LogP contribution in [0.2, 0.25) is 0 Å². The van der Waals surface area contributed by atoms with Crippen LogP contribution in [0.4, 0.5) is 18.0 Å². The molecule has 21 heavy (non-hydrogen) atoms. The molecule has 10 heteroatoms. The standard InChI is InChI=1S/C11H18F3N3O3S/c1-10(8(18)19,11(12,13)14)16-9(20)15-2-3-17-4-6-21-7-5-17/h2-7H2,1H3,(H,18,19)(H2,15,16,20). The molecule has 1 fully saturated rings. The van der Waals surface area contributed by atoms with E-state index in [-0.39, 0.29) is 6.54 Å². The molecule has 0 radical (unpaired) electrons. The van der Waals surface area contributed by atoms with E-state index in [0.29, 0.717) is 13.5 Å². The molecule has 2 amide bonds. The minimum absolute atomic E-state index is 0.157. The van der Waals surface area contributed by atoms with Gasteiger partial charge in [-0.2, -0.15) is 24.9 Å². The van der Waals surface area contributed by atoms with E-state index < -0.39 is 23.7 Å². The summed E-state index contributed by atoms with van der Waals surface area (Å²) in [6.45, 7) is 2.82. The number of hydrogen-bond acceptors (Lipinski definition) is 4. The Kier molecular flexibility index (Phi) is 6.14. The Bertz CT molecular complexity index is 389. The van der Waals surface area contributed by atoms with Gasteiger partial charge in [0, 0.05) is 37.7 Å². The van der Waals surface area contributed by atoms with E-state index in [2.05, 4.69) is 10.2 Å². The second-order valence-electron chi connectivity index (χ2n) is 4.76. The minimum Gasteiger partial charge on any atom is -0.479 e. The largest absolute Gasteiger partial charge is 0.479 e. The van der Waals surface area contributed by atoms with Crippen LogP contribution in [0.5, 0.6) is 0 Å². The van der Waals surface area contributed by atoms with Crippen LogP contribution in [0.1, 0.15) is 6.92 Å². The van der Waals surface area contributed by atoms with E-state index >= 15 is 0 Å². The van der Waals surface area contributed by atoms with Crippen LogP contribution >= 0.6 is 11.8 Å². The molecule has 0 saturated carbocycles. The molecular formula is C11H18F3N3O3S. The van der Waals surface area contributed by atoms with Crippen molar-refractivity contribution in [2.24, 2.45) is 0 Å². The molecule has 0 aromatic heterocycles. The van der Waals surface area contributed by atoms with Gasteiger partial charge >= 0.3 is 18.2 Å². The fourth-order valence-corrected chi connectivity index (χ4v) is 2.65. The van der Waals surface area contributed by atoms with Crippen molar-refractivity contribution in [1.82, 2.24) is 15.5 Å². The molecule has 1 heterocycles. The predicted octanol–water partition coefficient (Wildman–Crippen LogP) is 0.740. The van der Waals surface area contributed by atoms with Gasteiger partial charge in [-0.3, -0.25) is 4.90 Å². The lowest BCUT2D eigenvalue weighted by Crippen LogP contribution is -2.63. The average molecular weight is 329 g/mol. The second kappa shape index (κ2) is 7.21. The zero-order chi connectivity index (χ0) is 16.1. The van der Waals surface area contributed by atoms with Crippen molar-refractivity contribution in [3.8, 4) is 0 Å². The number of urea groups is 1. The van der Waals surface area contributed by atoms with E-state index in [9.17, 15) is 22.8 Å². The van der Waals surface area contributed by atoms with Crippen LogP contribution in [-0.4, -0.2) is 71.4 Å². The summed E-state index contributed by atoms with van der Waals surface area (Å²) in [6.07, 6.45) is -5.08. The third kappa shape index (κ3) is 4.95. The first-order valence-corrected chi connectivity index (χ1v) is 7.48. The van der Waals surface area contributed by atoms with Crippen molar-refractivity contribution < 1.29 is 27.9 Å². The molecule has 0 aromatic carbocycles. The lowest BCUT2D eigenvalue weighted by atomic mass is 10.0. The van der Waals surface area contributed by atoms with Crippen molar-refractivity contribution in [3.63, 3.8) is 0 Å². The van der Waals surface area contributed by atoms with Crippen molar-refractivity contribution in [2.45, 2.75) is 18.6 Å². The lowest BCUT2D eigenvalue weighted by Gasteiger charge is -2.29. The highest BCUT2D eigenvalue weighted by atomic mass is 32.2. The monoisotopic (exact) mass is 329 g/mol. The number of nitrogens with one attached hydrogen (secondary N) is 2. The molecule has 0 aliphatic carbocycles. The summed E-state index contributed by atoms with van der Waals surface area (Å²) in [5.41, 5.74) is -3.31. The molecule has 1 rings (SSSR count). The van der Waals surface area contributed by atoms with Gasteiger partial charge in [-0.15, -0.1) is 0 Å². The molecule has 6 nitrogen and oxygen atoms in total. The van der Waals surface area contributed by atoms with Crippen molar-refractivity contribution in [2.75, 3.05) is 37.7 Å². The molecule has 3 N–H and O–H groups in total. The Morgan fingerprint density at radius 2 is 1.86 bits per heavy atom. The van der Waals surface area contributed by atoms with Gasteiger partial charge < -0.3 is 15.7 Å². The van der Waals surface area contributed by atoms with Gasteiger partial charge in [0.05, 0.1) is 0 Å². The zero-order valence-electron chi connectivity index (χ0n) is 11.5. The fourth-order valence-electron chi connectivity index (χ4n) is 1.67. The number of amides is 2. The fraction of sp³-hybridized carbons (Fsp3) is 0.818. The number of carbonyl (C=O) groups is 2. The normalized spacial score (nSPS) is 19.6. The predicted molar refractivity (Wildman–Crippen MR) is 72.4 cm³/mol. The summed E-state index contributed by atoms with van der Waals surface area (Å²) in [6, 6.07) is -1.15. The topological polar surface area (TPSA) is 81.7 Å². The summed E-state index contributed by atoms with van der Waals surface area (Å²) in [5, 5.41) is 12.4. The van der Waals surface area contributed by atoms with Crippen LogP contribution in [0, 0.1) is 0 Å². The maximum Gasteiger partial charge on any atom is 0.422 e. The number of carboxylic acid groups (broad SMARTS) is 1. The summed E-state index contributed by atoms with van der Waals surface area (Å²) >= 11 is 1.82. The minimum atomic E-state index is -5.08. The smallest absolute Gasteiger partial charge is 0.422 e. The molecule has 0 bridgehead atoms. The quantitative estimate of drug-likeness (QED) is 0.693. The highest BCUT2D eigenvalue weighted by Crippen LogP contribution is 2.30. The molecule has 1 atom stereocenters. The van der Waals surface area contributed by atoms with Crippen LogP contribution in [0.25, 0.3) is 0 Å². The lowest BCUT2D eigenvalue weighted by molar-refractivity contribution is -0.203. The van der Waals surface area contributed by atoms with Gasteiger partial charge in [0.2, 0.25) is 5.54 Å². The number of aliphatic carboxylic acids is 1. The molecular weight excluding hydrogens is 311 g/mol. The van der Waals surface area contributed by atoms with Crippen LogP contribution in [-0.2, 0) is 4.79 Å². The maximum absolute atomic E-state index is 12.7. The Morgan fingerprint density at radius 1 is 1.29 bits per heavy atom. The van der Waals surface area contributed by atoms with E-state index in [1.165, 1.54) is 5.32 Å². The number of alkyl halides is 3. The van der Waals surface area contributed by atoms with Crippen molar-refractivity contribution in [1.29, 1.82) is 0 Å². The third-order valence-electron chi connectivity index (χ3n) is 3.18. The molecule has 1 aliphatic rings. The molecule has 0 spiro atoms. The van der Waals surface area contributed by atoms with Crippen LogP contribution < -0.4 is 10.6 Å². The Balaban J connectivity index is 2.42. The average Bonchev–Trinajstić information content (AvgIpc) is 2.38. The van der Waals surface area contributed by atoms with E-state index in [4.69, 9.17) is 5.11 Å². The van der Waals surface area contributed by atoms with Crippen LogP contribution in [0.3, 0.4) is 0 Å². The summed E-state index contributed by atoms with van der Waals surface area (Å²) in [4.78, 5) is 24.3. The first kappa shape index (κ1) is 17.9. The Labute approximate surface area is 124 Å². The Morgan fingerprint density at radius 3 is 2.33 bits per heavy atom. The summed E-state index contributed by atoms with van der Waals surface area (Å²) < 4.78 is 38.1. The number of carboxylic acids is 1. The summed E-state index contributed by atoms with van der Waals surface area (Å²) in [5.74, 6) is -0.187. The van der Waals surface area contributed by atoms with Gasteiger partial charge in [0.15, 0.2) is 0 Å². The Hall–Kier alpha value is -1.16. The first-order chi connectivity index (χ1) is 9.67. The number of thioether (sulfide) groups is 1. The van der Waals surface area contributed by atoms with Gasteiger partial charge in [0.1, 0.15) is 0 Å². The van der Waals surface area contributed by atoms with E-state index in [0.717, 1.165) is 24.6 Å². The number of carbonyl (C=O) groups excluding carboxylic acids is 1. The third-order valence-corrected chi connectivity index (χ3v) is 4.12. The highest BCUT2D eigenvalue weighted by Gasteiger charge is 2.58. The van der Waals surface area contributed by atoms with Crippen molar-refractivity contribution >= 4 is 23.8 Å². The maximum atomic E-state index is 12.7. The van der Waals surface area contributed by atoms with Gasteiger partial charge in [0.25, 0.3) is 0 Å². The van der Waals surface area contributed by atoms with Crippen LogP contribution in [0.15, 0.2) is 0 Å². The molecule has 122 valence electrons. The van der Waals surface area contributed by atoms with Crippen molar-refractivity contribution in [3.05, 3.63) is 0 Å².